The van der Waals surface area contributed by atoms with E-state index in [1.807, 2.05) is 11.8 Å². The highest BCUT2D eigenvalue weighted by molar-refractivity contribution is 7.99. The lowest BCUT2D eigenvalue weighted by molar-refractivity contribution is -0.0137. The summed E-state index contributed by atoms with van der Waals surface area (Å²) in [7, 11) is 0. The lowest BCUT2D eigenvalue weighted by atomic mass is 10.2. The predicted octanol–water partition coefficient (Wildman–Crippen LogP) is 1.96. The van der Waals surface area contributed by atoms with Crippen molar-refractivity contribution in [3.8, 4) is 0 Å². The van der Waals surface area contributed by atoms with E-state index in [9.17, 15) is 0 Å². The summed E-state index contributed by atoms with van der Waals surface area (Å²) in [6.45, 7) is 6.92. The molecule has 1 atom stereocenters. The van der Waals surface area contributed by atoms with E-state index in [1.54, 1.807) is 0 Å². The highest BCUT2D eigenvalue weighted by Gasteiger charge is 2.19. The van der Waals surface area contributed by atoms with E-state index >= 15 is 0 Å². The molecule has 0 radical (unpaired) electrons. The molecule has 1 aliphatic rings. The molecule has 2 rings (SSSR count). The molecule has 0 saturated carbocycles. The second kappa shape index (κ2) is 7.14. The van der Waals surface area contributed by atoms with Crippen LogP contribution in [-0.2, 0) is 11.3 Å². The van der Waals surface area contributed by atoms with Crippen LogP contribution in [0.3, 0.4) is 0 Å². The van der Waals surface area contributed by atoms with E-state index in [0.29, 0.717) is 12.6 Å². The topological polar surface area (TPSA) is 38.5 Å². The molecular formula is C14H22N2OS. The molecule has 1 unspecified atom stereocenters. The molecule has 1 aliphatic heterocycles. The number of hydrogen-bond acceptors (Lipinski definition) is 4. The zero-order chi connectivity index (χ0) is 12.8. The molecule has 18 heavy (non-hydrogen) atoms. The minimum atomic E-state index is 0.352. The van der Waals surface area contributed by atoms with Gasteiger partial charge in [-0.2, -0.15) is 0 Å². The van der Waals surface area contributed by atoms with E-state index in [4.69, 9.17) is 10.5 Å². The molecule has 0 bridgehead atoms. The Bertz CT molecular complexity index is 373. The van der Waals surface area contributed by atoms with Gasteiger partial charge >= 0.3 is 0 Å². The van der Waals surface area contributed by atoms with E-state index in [2.05, 4.69) is 36.1 Å². The Labute approximate surface area is 114 Å². The molecule has 0 amide bonds. The van der Waals surface area contributed by atoms with Gasteiger partial charge in [0.25, 0.3) is 0 Å². The smallest absolute Gasteiger partial charge is 0.0796 e. The first-order chi connectivity index (χ1) is 8.81. The van der Waals surface area contributed by atoms with E-state index in [-0.39, 0.29) is 0 Å². The van der Waals surface area contributed by atoms with Gasteiger partial charge in [0, 0.05) is 30.3 Å². The minimum absolute atomic E-state index is 0.352. The maximum absolute atomic E-state index is 5.80. The fourth-order valence-corrected chi connectivity index (χ4v) is 3.11. The van der Waals surface area contributed by atoms with Crippen molar-refractivity contribution in [2.45, 2.75) is 24.5 Å². The van der Waals surface area contributed by atoms with Crippen LogP contribution in [0.1, 0.15) is 12.5 Å². The zero-order valence-corrected chi connectivity index (χ0v) is 11.8. The van der Waals surface area contributed by atoms with Gasteiger partial charge in [-0.1, -0.05) is 19.1 Å². The van der Waals surface area contributed by atoms with Crippen molar-refractivity contribution in [3.63, 3.8) is 0 Å². The van der Waals surface area contributed by atoms with Crippen molar-refractivity contribution < 1.29 is 4.74 Å². The SMILES string of the molecule is CCN1CCOC(CSc2cccc(CN)c2)C1. The predicted molar refractivity (Wildman–Crippen MR) is 76.9 cm³/mol. The first kappa shape index (κ1) is 13.9. The monoisotopic (exact) mass is 266 g/mol. The first-order valence-electron chi connectivity index (χ1n) is 6.57. The van der Waals surface area contributed by atoms with Crippen molar-refractivity contribution in [1.82, 2.24) is 4.90 Å². The number of thioether (sulfide) groups is 1. The van der Waals surface area contributed by atoms with Crippen molar-refractivity contribution >= 4 is 11.8 Å². The number of likely N-dealkylation sites (N-methyl/N-ethyl adjacent to an activating group) is 1. The van der Waals surface area contributed by atoms with E-state index in [1.165, 1.54) is 10.5 Å². The highest BCUT2D eigenvalue weighted by atomic mass is 32.2. The fraction of sp³-hybridized carbons (Fsp3) is 0.571. The Kier molecular flexibility index (Phi) is 5.50. The van der Waals surface area contributed by atoms with Crippen LogP contribution in [0.5, 0.6) is 0 Å². The molecule has 3 nitrogen and oxygen atoms in total. The molecule has 0 spiro atoms. The third-order valence-electron chi connectivity index (χ3n) is 3.24. The number of morpholine rings is 1. The summed E-state index contributed by atoms with van der Waals surface area (Å²) in [6.07, 6.45) is 0.352. The van der Waals surface area contributed by atoms with Gasteiger partial charge in [-0.05, 0) is 24.2 Å². The quantitative estimate of drug-likeness (QED) is 0.827. The van der Waals surface area contributed by atoms with Crippen molar-refractivity contribution in [2.24, 2.45) is 5.73 Å². The second-order valence-corrected chi connectivity index (χ2v) is 5.64. The number of nitrogens with two attached hydrogens (primary N) is 1. The molecule has 100 valence electrons. The van der Waals surface area contributed by atoms with Gasteiger partial charge in [0.1, 0.15) is 0 Å². The number of nitrogens with zero attached hydrogens (tertiary/aromatic N) is 1. The minimum Gasteiger partial charge on any atom is -0.375 e. The lowest BCUT2D eigenvalue weighted by Gasteiger charge is -2.31. The normalized spacial score (nSPS) is 21.1. The van der Waals surface area contributed by atoms with Crippen LogP contribution in [0.25, 0.3) is 0 Å². The number of ether oxygens (including phenoxy) is 1. The molecule has 1 aromatic carbocycles. The van der Waals surface area contributed by atoms with Crippen LogP contribution in [0.2, 0.25) is 0 Å². The second-order valence-electron chi connectivity index (χ2n) is 4.55. The van der Waals surface area contributed by atoms with Crippen molar-refractivity contribution in [2.75, 3.05) is 32.0 Å². The van der Waals surface area contributed by atoms with Gasteiger partial charge in [-0.15, -0.1) is 11.8 Å². The number of hydrogen-bond donors (Lipinski definition) is 1. The molecule has 0 aromatic heterocycles. The Morgan fingerprint density at radius 1 is 1.50 bits per heavy atom. The van der Waals surface area contributed by atoms with Crippen molar-refractivity contribution in [1.29, 1.82) is 0 Å². The molecular weight excluding hydrogens is 244 g/mol. The van der Waals surface area contributed by atoms with Crippen LogP contribution < -0.4 is 5.73 Å². The average Bonchev–Trinajstić information content (AvgIpc) is 2.45. The van der Waals surface area contributed by atoms with Gasteiger partial charge < -0.3 is 10.5 Å². The molecule has 1 aromatic rings. The Hall–Kier alpha value is -0.550. The Balaban J connectivity index is 1.83. The maximum Gasteiger partial charge on any atom is 0.0796 e. The summed E-state index contributed by atoms with van der Waals surface area (Å²) < 4.78 is 5.80. The molecule has 4 heteroatoms. The summed E-state index contributed by atoms with van der Waals surface area (Å²) >= 11 is 1.86. The standard InChI is InChI=1S/C14H22N2OS/c1-2-16-6-7-17-13(10-16)11-18-14-5-3-4-12(8-14)9-15/h3-5,8,13H,2,6-7,9-11,15H2,1H3. The van der Waals surface area contributed by atoms with Gasteiger partial charge in [0.05, 0.1) is 12.7 Å². The van der Waals surface area contributed by atoms with Crippen LogP contribution in [0, 0.1) is 0 Å². The largest absolute Gasteiger partial charge is 0.375 e. The summed E-state index contributed by atoms with van der Waals surface area (Å²) in [5.74, 6) is 1.02. The van der Waals surface area contributed by atoms with Gasteiger partial charge in [-0.25, -0.2) is 0 Å². The highest BCUT2D eigenvalue weighted by Crippen LogP contribution is 2.22. The summed E-state index contributed by atoms with van der Waals surface area (Å²) in [5, 5.41) is 0. The molecule has 1 heterocycles. The number of benzene rings is 1. The zero-order valence-electron chi connectivity index (χ0n) is 11.0. The molecule has 2 N–H and O–H groups in total. The van der Waals surface area contributed by atoms with Gasteiger partial charge in [0.15, 0.2) is 0 Å². The number of rotatable bonds is 5. The van der Waals surface area contributed by atoms with E-state index < -0.39 is 0 Å². The van der Waals surface area contributed by atoms with Crippen LogP contribution in [0.15, 0.2) is 29.2 Å². The third kappa shape index (κ3) is 3.99. The van der Waals surface area contributed by atoms with Gasteiger partial charge in [-0.3, -0.25) is 4.90 Å². The maximum atomic E-state index is 5.80. The summed E-state index contributed by atoms with van der Waals surface area (Å²) in [5.41, 5.74) is 6.85. The van der Waals surface area contributed by atoms with E-state index in [0.717, 1.165) is 32.0 Å². The third-order valence-corrected chi connectivity index (χ3v) is 4.37. The fourth-order valence-electron chi connectivity index (χ4n) is 2.12. The summed E-state index contributed by atoms with van der Waals surface area (Å²) in [4.78, 5) is 3.74. The average molecular weight is 266 g/mol. The first-order valence-corrected chi connectivity index (χ1v) is 7.56. The van der Waals surface area contributed by atoms with Crippen LogP contribution >= 0.6 is 11.8 Å². The van der Waals surface area contributed by atoms with Gasteiger partial charge in [0.2, 0.25) is 0 Å². The summed E-state index contributed by atoms with van der Waals surface area (Å²) in [6, 6.07) is 8.46. The van der Waals surface area contributed by atoms with Crippen LogP contribution in [-0.4, -0.2) is 43.0 Å². The van der Waals surface area contributed by atoms with Crippen molar-refractivity contribution in [3.05, 3.63) is 29.8 Å². The molecule has 1 saturated heterocycles. The lowest BCUT2D eigenvalue weighted by Crippen LogP contribution is -2.43. The Morgan fingerprint density at radius 2 is 2.39 bits per heavy atom. The molecule has 1 fully saturated rings. The van der Waals surface area contributed by atoms with Crippen LogP contribution in [0.4, 0.5) is 0 Å². The Morgan fingerprint density at radius 3 is 3.17 bits per heavy atom. The molecule has 0 aliphatic carbocycles.